The Morgan fingerprint density at radius 1 is 1.53 bits per heavy atom. The molecule has 0 radical (unpaired) electrons. The van der Waals surface area contributed by atoms with Crippen molar-refractivity contribution in [3.05, 3.63) is 24.3 Å². The van der Waals surface area contributed by atoms with Crippen LogP contribution in [0.4, 0.5) is 0 Å². The van der Waals surface area contributed by atoms with Crippen molar-refractivity contribution >= 4 is 26.4 Å². The number of carbonyl (C=O) groups is 1. The van der Waals surface area contributed by atoms with E-state index in [0.29, 0.717) is 11.0 Å². The summed E-state index contributed by atoms with van der Waals surface area (Å²) in [5.74, 6) is -1.01. The number of fused-ring (bicyclic) bond motifs is 1. The van der Waals surface area contributed by atoms with E-state index in [1.165, 1.54) is 4.68 Å². The van der Waals surface area contributed by atoms with E-state index in [0.717, 1.165) is 0 Å². The third kappa shape index (κ3) is 1.69. The number of rotatable bonds is 3. The fourth-order valence-electron chi connectivity index (χ4n) is 1.32. The zero-order valence-corrected chi connectivity index (χ0v) is 8.82. The van der Waals surface area contributed by atoms with E-state index >= 15 is 0 Å². The quantitative estimate of drug-likeness (QED) is 0.737. The maximum Gasteiger partial charge on any atom is 0.343 e. The van der Waals surface area contributed by atoms with E-state index in [1.54, 1.807) is 12.1 Å². The molecule has 2 N–H and O–H groups in total. The number of carboxylic acids is 1. The summed E-state index contributed by atoms with van der Waals surface area (Å²) in [5.41, 5.74) is 1.35. The van der Waals surface area contributed by atoms with Crippen LogP contribution in [0.2, 0.25) is 0 Å². The molecule has 0 fully saturated rings. The fraction of sp³-hybridized carbons (Fsp3) is 0.125. The van der Waals surface area contributed by atoms with Gasteiger partial charge >= 0.3 is 5.97 Å². The van der Waals surface area contributed by atoms with E-state index in [1.807, 2.05) is 12.1 Å². The first-order valence-corrected chi connectivity index (χ1v) is 4.80. The average molecular weight is 224 g/mol. The Labute approximate surface area is 87.5 Å². The van der Waals surface area contributed by atoms with Gasteiger partial charge in [-0.3, -0.25) is 5.09 Å². The summed E-state index contributed by atoms with van der Waals surface area (Å²) in [6.07, 6.45) is -0.928. The molecule has 1 heterocycles. The number of para-hydroxylation sites is 1. The van der Waals surface area contributed by atoms with E-state index in [4.69, 9.17) is 5.11 Å². The van der Waals surface area contributed by atoms with Crippen LogP contribution in [-0.4, -0.2) is 26.1 Å². The largest absolute Gasteiger partial charge is 0.479 e. The molecule has 2 atom stereocenters. The zero-order valence-electron chi connectivity index (χ0n) is 7.66. The van der Waals surface area contributed by atoms with Crippen molar-refractivity contribution in [2.24, 2.45) is 0 Å². The summed E-state index contributed by atoms with van der Waals surface area (Å²) >= 11 is 0. The highest BCUT2D eigenvalue weighted by Crippen LogP contribution is 2.14. The highest BCUT2D eigenvalue weighted by molar-refractivity contribution is 7.13. The maximum atomic E-state index is 10.9. The van der Waals surface area contributed by atoms with Gasteiger partial charge in [-0.05, 0) is 12.1 Å². The number of aromatic nitrogens is 3. The van der Waals surface area contributed by atoms with Gasteiger partial charge in [0.1, 0.15) is 5.52 Å². The Hall–Kier alpha value is -1.52. The van der Waals surface area contributed by atoms with Crippen molar-refractivity contribution in [3.63, 3.8) is 0 Å². The van der Waals surface area contributed by atoms with E-state index in [-0.39, 0.29) is 0 Å². The Morgan fingerprint density at radius 3 is 2.93 bits per heavy atom. The number of carboxylic acid groups (broad SMARTS) is 1. The Kier molecular flexibility index (Phi) is 2.62. The first-order chi connectivity index (χ1) is 7.24. The van der Waals surface area contributed by atoms with Gasteiger partial charge in [-0.15, -0.1) is 5.10 Å². The van der Waals surface area contributed by atoms with Crippen LogP contribution >= 0.6 is 9.39 Å². The first-order valence-electron chi connectivity index (χ1n) is 4.23. The Balaban J connectivity index is 2.55. The van der Waals surface area contributed by atoms with Gasteiger partial charge in [0.2, 0.25) is 6.17 Å². The van der Waals surface area contributed by atoms with E-state index in [2.05, 4.69) is 24.8 Å². The summed E-state index contributed by atoms with van der Waals surface area (Å²) in [4.78, 5) is 10.9. The predicted molar refractivity (Wildman–Crippen MR) is 57.0 cm³/mol. The Morgan fingerprint density at radius 2 is 2.27 bits per heavy atom. The molecule has 2 unspecified atom stereocenters. The van der Waals surface area contributed by atoms with E-state index in [9.17, 15) is 4.79 Å². The van der Waals surface area contributed by atoms with Crippen molar-refractivity contribution in [3.8, 4) is 0 Å². The van der Waals surface area contributed by atoms with Gasteiger partial charge in [0.15, 0.2) is 0 Å². The molecule has 0 saturated carbocycles. The molecule has 0 spiro atoms. The lowest BCUT2D eigenvalue weighted by Gasteiger charge is -2.10. The normalized spacial score (nSPS) is 12.9. The molecule has 2 rings (SSSR count). The summed E-state index contributed by atoms with van der Waals surface area (Å²) in [5, 5.41) is 19.2. The lowest BCUT2D eigenvalue weighted by molar-refractivity contribution is -0.141. The smallest absolute Gasteiger partial charge is 0.343 e. The third-order valence-corrected chi connectivity index (χ3v) is 2.33. The summed E-state index contributed by atoms with van der Waals surface area (Å²) in [6, 6.07) is 7.18. The van der Waals surface area contributed by atoms with Crippen LogP contribution in [0.3, 0.4) is 0 Å². The zero-order chi connectivity index (χ0) is 10.8. The fourth-order valence-corrected chi connectivity index (χ4v) is 1.61. The second kappa shape index (κ2) is 3.92. The monoisotopic (exact) mass is 224 g/mol. The molecule has 1 aromatic carbocycles. The SMILES string of the molecule is O=C(O)C(NP)n1nnc2ccccc21. The lowest BCUT2D eigenvalue weighted by Crippen LogP contribution is -2.28. The number of benzene rings is 1. The van der Waals surface area contributed by atoms with Crippen molar-refractivity contribution < 1.29 is 9.90 Å². The predicted octanol–water partition coefficient (Wildman–Crippen LogP) is 0.394. The Bertz CT molecular complexity index is 498. The molecule has 2 aromatic rings. The molecule has 78 valence electrons. The molecular formula is C8H9N4O2P. The summed E-state index contributed by atoms with van der Waals surface area (Å²) in [7, 11) is 2.16. The van der Waals surface area contributed by atoms with Crippen LogP contribution in [0, 0.1) is 0 Å². The molecule has 15 heavy (non-hydrogen) atoms. The van der Waals surface area contributed by atoms with E-state index < -0.39 is 12.1 Å². The molecule has 0 aliphatic carbocycles. The highest BCUT2D eigenvalue weighted by atomic mass is 31.0. The molecule has 0 saturated heterocycles. The number of hydrogen-bond acceptors (Lipinski definition) is 4. The van der Waals surface area contributed by atoms with Gasteiger partial charge in [-0.25, -0.2) is 9.48 Å². The number of aliphatic carboxylic acids is 1. The van der Waals surface area contributed by atoms with Crippen LogP contribution in [0.1, 0.15) is 6.17 Å². The van der Waals surface area contributed by atoms with Crippen molar-refractivity contribution in [1.29, 1.82) is 0 Å². The van der Waals surface area contributed by atoms with Crippen LogP contribution in [-0.2, 0) is 4.79 Å². The van der Waals surface area contributed by atoms with Gasteiger partial charge < -0.3 is 5.11 Å². The van der Waals surface area contributed by atoms with Crippen molar-refractivity contribution in [2.75, 3.05) is 0 Å². The first kappa shape index (κ1) is 10.0. The molecule has 6 nitrogen and oxygen atoms in total. The second-order valence-electron chi connectivity index (χ2n) is 2.93. The van der Waals surface area contributed by atoms with Gasteiger partial charge in [0, 0.05) is 0 Å². The van der Waals surface area contributed by atoms with Crippen LogP contribution in [0.15, 0.2) is 24.3 Å². The van der Waals surface area contributed by atoms with Crippen LogP contribution in [0.5, 0.6) is 0 Å². The minimum Gasteiger partial charge on any atom is -0.479 e. The minimum absolute atomic E-state index is 0.670. The number of nitrogens with zero attached hydrogens (tertiary/aromatic N) is 3. The molecular weight excluding hydrogens is 215 g/mol. The highest BCUT2D eigenvalue weighted by Gasteiger charge is 2.20. The van der Waals surface area contributed by atoms with Crippen LogP contribution in [0.25, 0.3) is 11.0 Å². The minimum atomic E-state index is -1.01. The van der Waals surface area contributed by atoms with Gasteiger partial charge in [-0.1, -0.05) is 26.7 Å². The summed E-state index contributed by atoms with van der Waals surface area (Å²) in [6.45, 7) is 0. The van der Waals surface area contributed by atoms with Crippen molar-refractivity contribution in [2.45, 2.75) is 6.17 Å². The van der Waals surface area contributed by atoms with Gasteiger partial charge in [0.25, 0.3) is 0 Å². The molecule has 0 aliphatic rings. The topological polar surface area (TPSA) is 80.0 Å². The standard InChI is InChI=1S/C8H9N4O2P/c13-8(14)7(10-15)12-6-4-2-1-3-5(6)9-11-12/h1-4,7,10H,15H2,(H,13,14). The third-order valence-electron chi connectivity index (χ3n) is 2.01. The second-order valence-corrected chi connectivity index (χ2v) is 3.26. The van der Waals surface area contributed by atoms with Crippen molar-refractivity contribution in [1.82, 2.24) is 20.1 Å². The van der Waals surface area contributed by atoms with Gasteiger partial charge in [0.05, 0.1) is 5.52 Å². The number of nitrogens with one attached hydrogen (secondary N) is 1. The maximum absolute atomic E-state index is 10.9. The summed E-state index contributed by atoms with van der Waals surface area (Å²) < 4.78 is 1.32. The average Bonchev–Trinajstić information content (AvgIpc) is 2.63. The van der Waals surface area contributed by atoms with Crippen LogP contribution < -0.4 is 5.09 Å². The lowest BCUT2D eigenvalue weighted by atomic mass is 10.3. The molecule has 1 aromatic heterocycles. The molecule has 0 aliphatic heterocycles. The molecule has 0 bridgehead atoms. The number of hydrogen-bond donors (Lipinski definition) is 2. The molecule has 0 amide bonds. The van der Waals surface area contributed by atoms with Gasteiger partial charge in [-0.2, -0.15) is 0 Å². The molecule has 7 heteroatoms.